The lowest BCUT2D eigenvalue weighted by molar-refractivity contribution is 0.439. The summed E-state index contributed by atoms with van der Waals surface area (Å²) in [7, 11) is 0. The van der Waals surface area contributed by atoms with E-state index in [0.29, 0.717) is 16.6 Å². The third-order valence-corrected chi connectivity index (χ3v) is 2.86. The first-order valence-corrected chi connectivity index (χ1v) is 5.86. The summed E-state index contributed by atoms with van der Waals surface area (Å²) in [5, 5.41) is 4.51. The largest absolute Gasteiger partial charge is 0.368 e. The van der Waals surface area contributed by atoms with E-state index in [1.807, 2.05) is 24.5 Å². The number of anilines is 1. The molecule has 2 aromatic rings. The van der Waals surface area contributed by atoms with Gasteiger partial charge in [-0.25, -0.2) is 0 Å². The zero-order chi connectivity index (χ0) is 10.8. The molecule has 3 nitrogen and oxygen atoms in total. The molecule has 2 rings (SSSR count). The summed E-state index contributed by atoms with van der Waals surface area (Å²) in [5.41, 5.74) is 7.07. The fourth-order valence-corrected chi connectivity index (χ4v) is 2.04. The van der Waals surface area contributed by atoms with E-state index in [4.69, 9.17) is 21.9 Å². The topological polar surface area (TPSA) is 52.0 Å². The van der Waals surface area contributed by atoms with Crippen LogP contribution in [-0.4, -0.2) is 11.4 Å². The summed E-state index contributed by atoms with van der Waals surface area (Å²) in [6.45, 7) is 0. The summed E-state index contributed by atoms with van der Waals surface area (Å²) < 4.78 is 4.81. The van der Waals surface area contributed by atoms with Crippen LogP contribution in [0.5, 0.6) is 0 Å². The maximum Gasteiger partial charge on any atom is 0.222 e. The third-order valence-electron chi connectivity index (χ3n) is 1.93. The highest BCUT2D eigenvalue weighted by atomic mass is 35.5. The van der Waals surface area contributed by atoms with Crippen molar-refractivity contribution in [2.45, 2.75) is 4.90 Å². The molecule has 2 N–H and O–H groups in total. The maximum atomic E-state index is 5.98. The number of nitrogens with two attached hydrogens (primary N) is 1. The van der Waals surface area contributed by atoms with Gasteiger partial charge in [-0.05, 0) is 24.5 Å². The lowest BCUT2D eigenvalue weighted by atomic mass is 10.1. The molecule has 0 amide bonds. The molecule has 0 atom stereocenters. The average molecular weight is 241 g/mol. The van der Waals surface area contributed by atoms with Crippen LogP contribution in [0.2, 0.25) is 5.02 Å². The lowest BCUT2D eigenvalue weighted by Gasteiger charge is -2.01. The summed E-state index contributed by atoms with van der Waals surface area (Å²) in [4.78, 5) is 1.08. The summed E-state index contributed by atoms with van der Waals surface area (Å²) >= 11 is 7.61. The number of aromatic nitrogens is 1. The highest BCUT2D eigenvalue weighted by Crippen LogP contribution is 2.28. The second kappa shape index (κ2) is 4.16. The predicted molar refractivity (Wildman–Crippen MR) is 63.1 cm³/mol. The van der Waals surface area contributed by atoms with Gasteiger partial charge in [0.25, 0.3) is 0 Å². The second-order valence-corrected chi connectivity index (χ2v) is 4.31. The van der Waals surface area contributed by atoms with Crippen molar-refractivity contribution >= 4 is 29.2 Å². The molecule has 15 heavy (non-hydrogen) atoms. The molecule has 0 aliphatic rings. The van der Waals surface area contributed by atoms with Crippen molar-refractivity contribution in [3.63, 3.8) is 0 Å². The standard InChI is InChI=1S/C10H9ClN2OS/c1-15-8-3-6(2-7(11)4-8)9-5-10(12)14-13-9/h2-5H,12H2,1H3. The van der Waals surface area contributed by atoms with Gasteiger partial charge in [0.1, 0.15) is 5.69 Å². The van der Waals surface area contributed by atoms with Gasteiger partial charge in [-0.3, -0.25) is 0 Å². The molecule has 1 heterocycles. The van der Waals surface area contributed by atoms with Gasteiger partial charge in [0, 0.05) is 21.5 Å². The number of nitrogens with zero attached hydrogens (tertiary/aromatic N) is 1. The van der Waals surface area contributed by atoms with Crippen molar-refractivity contribution in [3.8, 4) is 11.3 Å². The van der Waals surface area contributed by atoms with E-state index in [1.54, 1.807) is 17.8 Å². The minimum atomic E-state index is 0.302. The number of rotatable bonds is 2. The zero-order valence-electron chi connectivity index (χ0n) is 8.03. The Morgan fingerprint density at radius 1 is 1.33 bits per heavy atom. The van der Waals surface area contributed by atoms with Crippen LogP contribution in [0.15, 0.2) is 33.7 Å². The molecule has 0 aliphatic carbocycles. The van der Waals surface area contributed by atoms with Crippen molar-refractivity contribution in [1.29, 1.82) is 0 Å². The maximum absolute atomic E-state index is 5.98. The molecule has 0 saturated heterocycles. The van der Waals surface area contributed by atoms with Crippen molar-refractivity contribution in [3.05, 3.63) is 29.3 Å². The minimum Gasteiger partial charge on any atom is -0.368 e. The van der Waals surface area contributed by atoms with Gasteiger partial charge in [-0.2, -0.15) is 0 Å². The van der Waals surface area contributed by atoms with Gasteiger partial charge in [0.2, 0.25) is 5.88 Å². The SMILES string of the molecule is CSc1cc(Cl)cc(-c2cc(N)on2)c1. The van der Waals surface area contributed by atoms with Gasteiger partial charge in [-0.15, -0.1) is 11.8 Å². The molecule has 78 valence electrons. The number of nitrogen functional groups attached to an aromatic ring is 1. The molecule has 0 spiro atoms. The average Bonchev–Trinajstić information content (AvgIpc) is 2.64. The molecule has 0 saturated carbocycles. The number of thioether (sulfide) groups is 1. The van der Waals surface area contributed by atoms with Crippen molar-refractivity contribution in [2.24, 2.45) is 0 Å². The lowest BCUT2D eigenvalue weighted by Crippen LogP contribution is -1.79. The minimum absolute atomic E-state index is 0.302. The highest BCUT2D eigenvalue weighted by Gasteiger charge is 2.06. The number of hydrogen-bond acceptors (Lipinski definition) is 4. The Labute approximate surface area is 96.6 Å². The monoisotopic (exact) mass is 240 g/mol. The van der Waals surface area contributed by atoms with Crippen molar-refractivity contribution < 1.29 is 4.52 Å². The van der Waals surface area contributed by atoms with Crippen LogP contribution < -0.4 is 5.73 Å². The van der Waals surface area contributed by atoms with Crippen molar-refractivity contribution in [2.75, 3.05) is 12.0 Å². The quantitative estimate of drug-likeness (QED) is 0.819. The van der Waals surface area contributed by atoms with Crippen LogP contribution in [0.25, 0.3) is 11.3 Å². The Kier molecular flexibility index (Phi) is 2.88. The predicted octanol–water partition coefficient (Wildman–Crippen LogP) is 3.30. The molecular formula is C10H9ClN2OS. The smallest absolute Gasteiger partial charge is 0.222 e. The highest BCUT2D eigenvalue weighted by molar-refractivity contribution is 7.98. The number of benzene rings is 1. The van der Waals surface area contributed by atoms with E-state index < -0.39 is 0 Å². The summed E-state index contributed by atoms with van der Waals surface area (Å²) in [6, 6.07) is 7.40. The Hall–Kier alpha value is -1.13. The van der Waals surface area contributed by atoms with Crippen LogP contribution >= 0.6 is 23.4 Å². The van der Waals surface area contributed by atoms with Gasteiger partial charge in [0.05, 0.1) is 0 Å². The van der Waals surface area contributed by atoms with E-state index in [9.17, 15) is 0 Å². The first kappa shape index (κ1) is 10.4. The van der Waals surface area contributed by atoms with Crippen LogP contribution in [0, 0.1) is 0 Å². The van der Waals surface area contributed by atoms with Gasteiger partial charge in [-0.1, -0.05) is 16.8 Å². The molecule has 0 fully saturated rings. The van der Waals surface area contributed by atoms with Gasteiger partial charge in [0.15, 0.2) is 0 Å². The summed E-state index contributed by atoms with van der Waals surface area (Å²) in [5.74, 6) is 0.302. The molecule has 5 heteroatoms. The molecule has 0 radical (unpaired) electrons. The molecule has 1 aromatic heterocycles. The molecule has 0 bridgehead atoms. The molecule has 0 aliphatic heterocycles. The van der Waals surface area contributed by atoms with E-state index in [2.05, 4.69) is 5.16 Å². The first-order chi connectivity index (χ1) is 7.19. The van der Waals surface area contributed by atoms with Crippen LogP contribution in [-0.2, 0) is 0 Å². The van der Waals surface area contributed by atoms with E-state index in [1.165, 1.54) is 0 Å². The Bertz CT molecular complexity index is 484. The Balaban J connectivity index is 2.48. The zero-order valence-corrected chi connectivity index (χ0v) is 9.60. The van der Waals surface area contributed by atoms with Crippen molar-refractivity contribution in [1.82, 2.24) is 5.16 Å². The molecular weight excluding hydrogens is 232 g/mol. The van der Waals surface area contributed by atoms with Crippen LogP contribution in [0.4, 0.5) is 5.88 Å². The fraction of sp³-hybridized carbons (Fsp3) is 0.100. The second-order valence-electron chi connectivity index (χ2n) is 2.99. The van der Waals surface area contributed by atoms with E-state index >= 15 is 0 Å². The Morgan fingerprint density at radius 2 is 2.13 bits per heavy atom. The number of halogens is 1. The third kappa shape index (κ3) is 2.27. The first-order valence-electron chi connectivity index (χ1n) is 4.26. The van der Waals surface area contributed by atoms with E-state index in [0.717, 1.165) is 10.5 Å². The number of hydrogen-bond donors (Lipinski definition) is 1. The van der Waals surface area contributed by atoms with Gasteiger partial charge < -0.3 is 10.3 Å². The van der Waals surface area contributed by atoms with E-state index in [-0.39, 0.29) is 0 Å². The van der Waals surface area contributed by atoms with Crippen LogP contribution in [0.3, 0.4) is 0 Å². The molecule has 0 unspecified atom stereocenters. The summed E-state index contributed by atoms with van der Waals surface area (Å²) in [6.07, 6.45) is 1.99. The molecule has 1 aromatic carbocycles. The normalized spacial score (nSPS) is 10.5. The Morgan fingerprint density at radius 3 is 2.73 bits per heavy atom. The fourth-order valence-electron chi connectivity index (χ4n) is 1.25. The van der Waals surface area contributed by atoms with Crippen LogP contribution in [0.1, 0.15) is 0 Å². The van der Waals surface area contributed by atoms with Gasteiger partial charge >= 0.3 is 0 Å².